The third-order valence-corrected chi connectivity index (χ3v) is 15.5. The molecule has 10 aromatic carbocycles. The molecule has 14 rings (SSSR count). The first-order valence-corrected chi connectivity index (χ1v) is 26.3. The van der Waals surface area contributed by atoms with E-state index in [0.717, 1.165) is 83.1 Å². The van der Waals surface area contributed by atoms with Crippen molar-refractivity contribution in [2.24, 2.45) is 0 Å². The van der Waals surface area contributed by atoms with Crippen molar-refractivity contribution in [1.82, 2.24) is 24.5 Å². The summed E-state index contributed by atoms with van der Waals surface area (Å²) in [5.74, 6) is 2.53. The average molecular weight is 962 g/mol. The second-order valence-electron chi connectivity index (χ2n) is 20.1. The van der Waals surface area contributed by atoms with Crippen LogP contribution in [-0.2, 0) is 0 Å². The minimum atomic E-state index is 0.603. The SMILES string of the molecule is c1ccc(-c2cc(-c3ccc(-c4nc(-c5ccc(C6CCCCC6)cc5)nc(-c5cccc6c5c5ccc7ccccc7c5n6-c5ccc6ccccc6c5)n4)cc3)cc(-c3cccc(-c4cccnc4)c3)c2)cc1. The van der Waals surface area contributed by atoms with E-state index in [9.17, 15) is 0 Å². The molecule has 0 atom stereocenters. The average Bonchev–Trinajstić information content (AvgIpc) is 3.86. The quantitative estimate of drug-likeness (QED) is 0.145. The van der Waals surface area contributed by atoms with Crippen LogP contribution in [0.3, 0.4) is 0 Å². The lowest BCUT2D eigenvalue weighted by molar-refractivity contribution is 0.443. The molecule has 356 valence electrons. The van der Waals surface area contributed by atoms with E-state index in [-0.39, 0.29) is 0 Å². The second-order valence-corrected chi connectivity index (χ2v) is 20.1. The summed E-state index contributed by atoms with van der Waals surface area (Å²) < 4.78 is 2.43. The molecule has 0 saturated heterocycles. The van der Waals surface area contributed by atoms with Crippen molar-refractivity contribution in [2.45, 2.75) is 38.0 Å². The lowest BCUT2D eigenvalue weighted by Gasteiger charge is -2.22. The van der Waals surface area contributed by atoms with Crippen LogP contribution in [0.15, 0.2) is 243 Å². The number of fused-ring (bicyclic) bond motifs is 6. The van der Waals surface area contributed by atoms with E-state index in [4.69, 9.17) is 15.0 Å². The van der Waals surface area contributed by atoms with Crippen molar-refractivity contribution >= 4 is 43.4 Å². The molecule has 0 aliphatic heterocycles. The Morgan fingerprint density at radius 3 is 1.68 bits per heavy atom. The highest BCUT2D eigenvalue weighted by atomic mass is 15.0. The number of nitrogens with zero attached hydrogens (tertiary/aromatic N) is 5. The molecular formula is C70H51N5. The molecule has 0 amide bonds. The Kier molecular flexibility index (Phi) is 11.2. The van der Waals surface area contributed by atoms with Crippen molar-refractivity contribution in [3.63, 3.8) is 0 Å². The van der Waals surface area contributed by atoms with Crippen LogP contribution in [0.1, 0.15) is 43.6 Å². The molecular weight excluding hydrogens is 911 g/mol. The van der Waals surface area contributed by atoms with E-state index in [0.29, 0.717) is 23.4 Å². The molecule has 1 aliphatic rings. The maximum atomic E-state index is 5.44. The van der Waals surface area contributed by atoms with Crippen LogP contribution in [0.25, 0.3) is 128 Å². The number of rotatable bonds is 9. The van der Waals surface area contributed by atoms with Gasteiger partial charge in [0.15, 0.2) is 17.5 Å². The van der Waals surface area contributed by atoms with Gasteiger partial charge in [-0.05, 0) is 128 Å². The summed E-state index contributed by atoms with van der Waals surface area (Å²) in [5, 5.41) is 7.06. The van der Waals surface area contributed by atoms with Crippen molar-refractivity contribution in [3.05, 3.63) is 248 Å². The molecule has 1 aliphatic carbocycles. The number of benzene rings is 10. The Labute approximate surface area is 436 Å². The molecule has 0 unspecified atom stereocenters. The minimum Gasteiger partial charge on any atom is -0.309 e. The summed E-state index contributed by atoms with van der Waals surface area (Å²) in [6, 6.07) is 83.4. The van der Waals surface area contributed by atoms with E-state index in [2.05, 4.69) is 234 Å². The third-order valence-electron chi connectivity index (χ3n) is 15.5. The highest BCUT2D eigenvalue weighted by Gasteiger charge is 2.22. The minimum absolute atomic E-state index is 0.603. The zero-order valence-electron chi connectivity index (χ0n) is 41.4. The number of hydrogen-bond donors (Lipinski definition) is 0. The van der Waals surface area contributed by atoms with Crippen molar-refractivity contribution in [3.8, 4) is 84.4 Å². The van der Waals surface area contributed by atoms with Gasteiger partial charge in [-0.15, -0.1) is 0 Å². The normalized spacial score (nSPS) is 13.0. The predicted octanol–water partition coefficient (Wildman–Crippen LogP) is 18.4. The summed E-state index contributed by atoms with van der Waals surface area (Å²) >= 11 is 0. The molecule has 0 radical (unpaired) electrons. The fraction of sp³-hybridized carbons (Fsp3) is 0.0857. The van der Waals surface area contributed by atoms with Gasteiger partial charge in [0.2, 0.25) is 0 Å². The lowest BCUT2D eigenvalue weighted by atomic mass is 9.84. The Balaban J connectivity index is 0.922. The molecule has 5 heteroatoms. The van der Waals surface area contributed by atoms with Gasteiger partial charge in [0.25, 0.3) is 0 Å². The van der Waals surface area contributed by atoms with Gasteiger partial charge >= 0.3 is 0 Å². The first-order valence-electron chi connectivity index (χ1n) is 26.3. The first-order chi connectivity index (χ1) is 37.1. The van der Waals surface area contributed by atoms with Crippen LogP contribution < -0.4 is 0 Å². The fourth-order valence-corrected chi connectivity index (χ4v) is 11.7. The van der Waals surface area contributed by atoms with E-state index in [1.165, 1.54) is 64.8 Å². The van der Waals surface area contributed by atoms with Gasteiger partial charge in [-0.3, -0.25) is 4.98 Å². The van der Waals surface area contributed by atoms with Crippen LogP contribution in [0.5, 0.6) is 0 Å². The Hall–Kier alpha value is -9.32. The zero-order chi connectivity index (χ0) is 49.7. The predicted molar refractivity (Wildman–Crippen MR) is 311 cm³/mol. The fourth-order valence-electron chi connectivity index (χ4n) is 11.7. The molecule has 0 spiro atoms. The molecule has 0 N–H and O–H groups in total. The lowest BCUT2D eigenvalue weighted by Crippen LogP contribution is -2.04. The van der Waals surface area contributed by atoms with Crippen LogP contribution >= 0.6 is 0 Å². The van der Waals surface area contributed by atoms with Crippen LogP contribution in [0.2, 0.25) is 0 Å². The van der Waals surface area contributed by atoms with Crippen molar-refractivity contribution < 1.29 is 0 Å². The van der Waals surface area contributed by atoms with Crippen LogP contribution in [-0.4, -0.2) is 24.5 Å². The smallest absolute Gasteiger partial charge is 0.164 e. The monoisotopic (exact) mass is 961 g/mol. The Bertz CT molecular complexity index is 4250. The summed E-state index contributed by atoms with van der Waals surface area (Å²) in [4.78, 5) is 20.6. The highest BCUT2D eigenvalue weighted by molar-refractivity contribution is 6.22. The van der Waals surface area contributed by atoms with Gasteiger partial charge in [-0.1, -0.05) is 201 Å². The maximum Gasteiger partial charge on any atom is 0.164 e. The van der Waals surface area contributed by atoms with E-state index < -0.39 is 0 Å². The zero-order valence-corrected chi connectivity index (χ0v) is 41.4. The summed E-state index contributed by atoms with van der Waals surface area (Å²) in [7, 11) is 0. The molecule has 5 nitrogen and oxygen atoms in total. The number of pyridine rings is 1. The largest absolute Gasteiger partial charge is 0.309 e. The standard InChI is InChI=1S/C70H51N5/c1-3-14-46(15-4-1)49-27-31-52(32-28-49)68-72-69(53-33-29-50(30-34-53)59-41-58(47-16-5-2-6-17-47)42-60(43-59)55-22-11-21-54(40-55)57-23-13-39-71-45-57)74-70(73-68)64-25-12-26-65-66(64)63-38-36-51-19-9-10-24-62(51)67(63)75(65)61-37-35-48-18-7-8-20-56(48)44-61/h2,5-13,16-46H,1,3-4,14-15H2. The van der Waals surface area contributed by atoms with Crippen LogP contribution in [0, 0.1) is 0 Å². The van der Waals surface area contributed by atoms with Crippen LogP contribution in [0.4, 0.5) is 0 Å². The third kappa shape index (κ3) is 8.33. The molecule has 75 heavy (non-hydrogen) atoms. The molecule has 0 bridgehead atoms. The molecule has 13 aromatic rings. The van der Waals surface area contributed by atoms with Gasteiger partial charge in [-0.25, -0.2) is 15.0 Å². The van der Waals surface area contributed by atoms with E-state index >= 15 is 0 Å². The molecule has 3 aromatic heterocycles. The Morgan fingerprint density at radius 2 is 0.933 bits per heavy atom. The van der Waals surface area contributed by atoms with Crippen molar-refractivity contribution in [2.75, 3.05) is 0 Å². The van der Waals surface area contributed by atoms with Gasteiger partial charge in [0.05, 0.1) is 11.0 Å². The molecule has 1 saturated carbocycles. The van der Waals surface area contributed by atoms with E-state index in [1.807, 2.05) is 18.5 Å². The second kappa shape index (κ2) is 18.9. The number of aromatic nitrogens is 5. The van der Waals surface area contributed by atoms with Gasteiger partial charge < -0.3 is 4.57 Å². The number of hydrogen-bond acceptors (Lipinski definition) is 4. The topological polar surface area (TPSA) is 56.5 Å². The van der Waals surface area contributed by atoms with Crippen molar-refractivity contribution in [1.29, 1.82) is 0 Å². The molecule has 3 heterocycles. The van der Waals surface area contributed by atoms with E-state index in [1.54, 1.807) is 0 Å². The van der Waals surface area contributed by atoms with Gasteiger partial charge in [0, 0.05) is 56.5 Å². The molecule has 1 fully saturated rings. The summed E-state index contributed by atoms with van der Waals surface area (Å²) in [5.41, 5.74) is 16.7. The van der Waals surface area contributed by atoms with Gasteiger partial charge in [-0.2, -0.15) is 0 Å². The summed E-state index contributed by atoms with van der Waals surface area (Å²) in [6.45, 7) is 0. The Morgan fingerprint density at radius 1 is 0.360 bits per heavy atom. The highest BCUT2D eigenvalue weighted by Crippen LogP contribution is 2.43. The maximum absolute atomic E-state index is 5.44. The summed E-state index contributed by atoms with van der Waals surface area (Å²) in [6.07, 6.45) is 10.2. The first kappa shape index (κ1) is 44.4. The van der Waals surface area contributed by atoms with Gasteiger partial charge in [0.1, 0.15) is 0 Å².